The minimum atomic E-state index is -1.96. The molecule has 21 heteroatoms. The summed E-state index contributed by atoms with van der Waals surface area (Å²) in [4.78, 5) is 74.0. The van der Waals surface area contributed by atoms with Crippen molar-refractivity contribution in [3.05, 3.63) is 45.1 Å². The molecule has 0 bridgehead atoms. The van der Waals surface area contributed by atoms with Crippen LogP contribution in [0.25, 0.3) is 0 Å². The number of oxime groups is 1. The van der Waals surface area contributed by atoms with E-state index in [2.05, 4.69) is 27.8 Å². The first kappa shape index (κ1) is 39.6. The monoisotopic (exact) mass is 785 g/mol. The van der Waals surface area contributed by atoms with Gasteiger partial charge < -0.3 is 55.7 Å². The van der Waals surface area contributed by atoms with E-state index >= 15 is 0 Å². The van der Waals surface area contributed by atoms with Gasteiger partial charge >= 0.3 is 29.6 Å². The Kier molecular flexibility index (Phi) is 12.0. The molecule has 0 radical (unpaired) electrons. The molecule has 3 fully saturated rings. The van der Waals surface area contributed by atoms with Crippen LogP contribution in [0.1, 0.15) is 35.3 Å². The number of nitrogens with one attached hydrogen (secondary N) is 2. The molecule has 5 atom stereocenters. The fourth-order valence-electron chi connectivity index (χ4n) is 7.29. The van der Waals surface area contributed by atoms with E-state index in [9.17, 15) is 44.4 Å². The van der Waals surface area contributed by atoms with Gasteiger partial charge in [0.2, 0.25) is 0 Å². The van der Waals surface area contributed by atoms with Gasteiger partial charge in [0, 0.05) is 28.5 Å². The average Bonchev–Trinajstić information content (AvgIpc) is 3.78. The quantitative estimate of drug-likeness (QED) is 0.0339. The number of amides is 3. The van der Waals surface area contributed by atoms with Crippen molar-refractivity contribution < 1.29 is 83.3 Å². The Bertz CT molecular complexity index is 1860. The van der Waals surface area contributed by atoms with Crippen LogP contribution in [-0.2, 0) is 24.0 Å². The third-order valence-corrected chi connectivity index (χ3v) is 12.0. The van der Waals surface area contributed by atoms with E-state index in [-0.39, 0.29) is 51.6 Å². The Morgan fingerprint density at radius 1 is 1.21 bits per heavy atom. The second-order valence-corrected chi connectivity index (χ2v) is 15.5. The Morgan fingerprint density at radius 3 is 2.52 bits per heavy atom. The standard InChI is InChI=1S/C31H34ClN7O10S2.Na/c1-39(8-13-3-2-4-14(13)9-39)10-15-11-50-28-22(27(44)38(28)23(15)30(47)48)36-26(43)21(17-12-51-31(33)35-17)37-49-19(29(45)46)7-34-25(42)16-5-6-18(40)24(41)20(16)32;/h5-6,12-14,19,22,28H,2-4,7-11H2,1H3,(H7-,33,34,35,36,37,40,41,42,43,45,46,47,48);/q;+1/p-1/t13?,14?,19-,22+,28+,39?;/m0./s1. The molecule has 3 aliphatic heterocycles. The molecule has 52 heavy (non-hydrogen) atoms. The summed E-state index contributed by atoms with van der Waals surface area (Å²) in [5, 5.41) is 52.2. The van der Waals surface area contributed by atoms with E-state index in [1.54, 1.807) is 0 Å². The number of thioether (sulfide) groups is 1. The van der Waals surface area contributed by atoms with Crippen molar-refractivity contribution in [1.29, 1.82) is 0 Å². The van der Waals surface area contributed by atoms with Gasteiger partial charge in [-0.25, -0.2) is 4.98 Å². The van der Waals surface area contributed by atoms with Crippen LogP contribution in [-0.4, -0.2) is 116 Å². The van der Waals surface area contributed by atoms with Crippen LogP contribution in [0.3, 0.4) is 0 Å². The Hall–Kier alpha value is -3.59. The first-order valence-electron chi connectivity index (χ1n) is 15.8. The first-order valence-corrected chi connectivity index (χ1v) is 18.1. The second kappa shape index (κ2) is 15.8. The van der Waals surface area contributed by atoms with Crippen molar-refractivity contribution in [2.24, 2.45) is 17.0 Å². The number of carboxylic acid groups (broad SMARTS) is 2. The van der Waals surface area contributed by atoms with E-state index < -0.39 is 76.0 Å². The molecule has 1 saturated carbocycles. The third-order valence-electron chi connectivity index (χ3n) is 9.57. The Morgan fingerprint density at radius 2 is 1.90 bits per heavy atom. The van der Waals surface area contributed by atoms with E-state index in [4.69, 9.17) is 22.2 Å². The van der Waals surface area contributed by atoms with Gasteiger partial charge in [-0.15, -0.1) is 23.1 Å². The number of hydrogen-bond acceptors (Lipinski definition) is 15. The number of β-lactam (4-membered cyclic amide) rings is 1. The van der Waals surface area contributed by atoms with Crippen LogP contribution in [0.4, 0.5) is 5.13 Å². The van der Waals surface area contributed by atoms with Gasteiger partial charge in [-0.05, 0) is 25.0 Å². The summed E-state index contributed by atoms with van der Waals surface area (Å²) < 4.78 is 0.691. The van der Waals surface area contributed by atoms with E-state index in [1.165, 1.54) is 36.4 Å². The van der Waals surface area contributed by atoms with E-state index in [1.807, 2.05) is 0 Å². The minimum Gasteiger partial charge on any atom is -0.546 e. The van der Waals surface area contributed by atoms with Gasteiger partial charge in [-0.2, -0.15) is 0 Å². The number of carbonyl (C=O) groups is 5. The molecule has 4 aliphatic rings. The number of phenolic OH excluding ortho intramolecular Hbond substituents is 2. The number of anilines is 1. The number of thiazole rings is 1. The second-order valence-electron chi connectivity index (χ2n) is 13.1. The van der Waals surface area contributed by atoms with Crippen molar-refractivity contribution in [1.82, 2.24) is 20.5 Å². The zero-order valence-electron chi connectivity index (χ0n) is 28.0. The molecule has 17 nitrogen and oxygen atoms in total. The zero-order chi connectivity index (χ0) is 36.8. The SMILES string of the molecule is C[N+]1(CC2=C(C(=O)[O-])N3C(=O)[C@@H](NC(=O)/C(=N\O[C@@H](CNC(=O)c4ccc(O)c(O)c4Cl)C(=O)[O-])c4csc(N)n4)[C@H]3SC2)CC2CCCC2C1.[Na+]. The maximum Gasteiger partial charge on any atom is 1.00 e. The van der Waals surface area contributed by atoms with Gasteiger partial charge in [-0.1, -0.05) is 23.2 Å². The normalized spacial score (nSPS) is 25.7. The number of carbonyl (C=O) groups excluding carboxylic acids is 5. The van der Waals surface area contributed by atoms with Crippen LogP contribution in [0.15, 0.2) is 33.9 Å². The molecule has 3 amide bonds. The maximum atomic E-state index is 13.5. The number of likely N-dealkylation sites (tertiary alicyclic amines) is 1. The topological polar surface area (TPSA) is 260 Å². The zero-order valence-corrected chi connectivity index (χ0v) is 32.4. The van der Waals surface area contributed by atoms with Gasteiger partial charge in [0.1, 0.15) is 23.7 Å². The number of quaternary nitrogens is 1. The molecule has 2 unspecified atom stereocenters. The molecule has 6 N–H and O–H groups in total. The number of aliphatic carboxylic acids is 2. The summed E-state index contributed by atoms with van der Waals surface area (Å²) in [5.41, 5.74) is 5.19. The van der Waals surface area contributed by atoms with Crippen LogP contribution in [0.2, 0.25) is 5.02 Å². The number of nitrogens with zero attached hydrogens (tertiary/aromatic N) is 4. The number of nitrogens with two attached hydrogens (primary N) is 1. The first-order chi connectivity index (χ1) is 24.2. The molecule has 1 aliphatic carbocycles. The number of aromatic nitrogens is 1. The van der Waals surface area contributed by atoms with Crippen molar-refractivity contribution >= 4 is 75.2 Å². The molecule has 0 spiro atoms. The fourth-order valence-corrected chi connectivity index (χ4v) is 9.41. The third kappa shape index (κ3) is 7.85. The van der Waals surface area contributed by atoms with Gasteiger partial charge in [0.15, 0.2) is 28.4 Å². The van der Waals surface area contributed by atoms with Gasteiger partial charge in [0.05, 0.1) is 54.9 Å². The van der Waals surface area contributed by atoms with Crippen LogP contribution in [0, 0.1) is 11.8 Å². The summed E-state index contributed by atoms with van der Waals surface area (Å²) in [6, 6.07) is 0.927. The van der Waals surface area contributed by atoms with Crippen LogP contribution in [0.5, 0.6) is 11.5 Å². The summed E-state index contributed by atoms with van der Waals surface area (Å²) in [6.45, 7) is 1.62. The number of hydrogen-bond donors (Lipinski definition) is 5. The molecule has 2 saturated heterocycles. The van der Waals surface area contributed by atoms with Gasteiger partial charge in [0.25, 0.3) is 17.7 Å². The minimum absolute atomic E-state index is 0. The van der Waals surface area contributed by atoms with Crippen LogP contribution >= 0.6 is 34.7 Å². The van der Waals surface area contributed by atoms with Crippen LogP contribution < -0.4 is 56.1 Å². The molecular weight excluding hydrogens is 753 g/mol. The van der Waals surface area contributed by atoms with Crippen molar-refractivity contribution in [3.8, 4) is 11.5 Å². The van der Waals surface area contributed by atoms with E-state index in [0.717, 1.165) is 41.5 Å². The maximum absolute atomic E-state index is 13.5. The van der Waals surface area contributed by atoms with E-state index in [0.29, 0.717) is 34.2 Å². The van der Waals surface area contributed by atoms with Crippen molar-refractivity contribution in [3.63, 3.8) is 0 Å². The predicted octanol–water partition coefficient (Wildman–Crippen LogP) is -4.66. The molecule has 6 rings (SSSR count). The number of phenols is 2. The van der Waals surface area contributed by atoms with Gasteiger partial charge in [-0.3, -0.25) is 19.3 Å². The molecule has 4 heterocycles. The summed E-state index contributed by atoms with van der Waals surface area (Å²) in [5.74, 6) is -5.71. The molecular formula is C31H33ClN7NaO10S2. The number of aromatic hydroxyl groups is 2. The molecule has 2 aromatic rings. The summed E-state index contributed by atoms with van der Waals surface area (Å²) >= 11 is 8.14. The number of nitrogen functional groups attached to an aromatic ring is 1. The number of rotatable bonds is 12. The molecule has 272 valence electrons. The number of benzene rings is 1. The number of halogens is 1. The number of fused-ring (bicyclic) bond motifs is 2. The smallest absolute Gasteiger partial charge is 0.546 e. The van der Waals surface area contributed by atoms with Crippen molar-refractivity contribution in [2.45, 2.75) is 36.8 Å². The number of likely N-dealkylation sites (N-methyl/N-ethyl adjacent to an activating group) is 1. The van der Waals surface area contributed by atoms with Crippen molar-refractivity contribution in [2.75, 3.05) is 44.7 Å². The average molecular weight is 786 g/mol. The number of carboxylic acids is 2. The summed E-state index contributed by atoms with van der Waals surface area (Å²) in [6.07, 6.45) is 1.60. The molecule has 1 aromatic carbocycles. The molecule has 1 aromatic heterocycles. The Balaban J connectivity index is 0.00000523. The Labute approximate surface area is 332 Å². The summed E-state index contributed by atoms with van der Waals surface area (Å²) in [7, 11) is 2.11. The predicted molar refractivity (Wildman–Crippen MR) is 179 cm³/mol. The fraction of sp³-hybridized carbons (Fsp3) is 0.452. The largest absolute Gasteiger partial charge is 1.00 e.